The van der Waals surface area contributed by atoms with Crippen LogP contribution in [0, 0.1) is 5.41 Å². The summed E-state index contributed by atoms with van der Waals surface area (Å²) in [6.07, 6.45) is 0. The molecule has 1 heterocycles. The Bertz CT molecular complexity index is 850. The van der Waals surface area contributed by atoms with Crippen LogP contribution in [0.1, 0.15) is 37.3 Å². The molecule has 2 N–H and O–H groups in total. The van der Waals surface area contributed by atoms with Crippen molar-refractivity contribution in [1.82, 2.24) is 5.32 Å². The average Bonchev–Trinajstić information content (AvgIpc) is 3.09. The van der Waals surface area contributed by atoms with Crippen molar-refractivity contribution >= 4 is 22.1 Å². The van der Waals surface area contributed by atoms with Gasteiger partial charge in [-0.1, -0.05) is 39.0 Å². The van der Waals surface area contributed by atoms with E-state index < -0.39 is 0 Å². The molecule has 0 aliphatic heterocycles. The number of benzene rings is 2. The molecule has 0 aliphatic carbocycles. The molecular weight excluding hydrogens is 330 g/mol. The molecule has 132 valence electrons. The molecule has 0 bridgehead atoms. The zero-order valence-electron chi connectivity index (χ0n) is 15.2. The van der Waals surface area contributed by atoms with Crippen molar-refractivity contribution in [2.45, 2.75) is 33.4 Å². The van der Waals surface area contributed by atoms with E-state index in [1.54, 1.807) is 24.5 Å². The molecule has 0 amide bonds. The molecular formula is C21H25NO2S. The van der Waals surface area contributed by atoms with Gasteiger partial charge >= 0.3 is 0 Å². The van der Waals surface area contributed by atoms with Crippen LogP contribution in [0.3, 0.4) is 0 Å². The number of hydrogen-bond donors (Lipinski definition) is 2. The lowest BCUT2D eigenvalue weighted by Gasteiger charge is -2.31. The molecule has 25 heavy (non-hydrogen) atoms. The monoisotopic (exact) mass is 355 g/mol. The summed E-state index contributed by atoms with van der Waals surface area (Å²) >= 11 is 1.76. The lowest BCUT2D eigenvalue weighted by atomic mass is 9.85. The lowest BCUT2D eigenvalue weighted by Crippen LogP contribution is -2.31. The van der Waals surface area contributed by atoms with Crippen molar-refractivity contribution in [2.24, 2.45) is 5.41 Å². The maximum absolute atomic E-state index is 10.4. The molecule has 0 aliphatic rings. The Kier molecular flexibility index (Phi) is 5.02. The number of rotatable bonds is 5. The SMILES string of the molecule is COc1ccc2ccc(O)c(CNC(c3cccs3)C(C)(C)C)c2c1. The van der Waals surface area contributed by atoms with Gasteiger partial charge in [-0.05, 0) is 45.8 Å². The summed E-state index contributed by atoms with van der Waals surface area (Å²) in [4.78, 5) is 1.31. The van der Waals surface area contributed by atoms with Gasteiger partial charge in [0.05, 0.1) is 7.11 Å². The largest absolute Gasteiger partial charge is 0.508 e. The molecule has 1 atom stereocenters. The number of ether oxygens (including phenoxy) is 1. The van der Waals surface area contributed by atoms with E-state index in [0.29, 0.717) is 12.3 Å². The Morgan fingerprint density at radius 2 is 1.92 bits per heavy atom. The van der Waals surface area contributed by atoms with Crippen LogP contribution in [0.15, 0.2) is 47.8 Å². The molecule has 3 rings (SSSR count). The van der Waals surface area contributed by atoms with E-state index in [2.05, 4.69) is 43.6 Å². The minimum Gasteiger partial charge on any atom is -0.508 e. The van der Waals surface area contributed by atoms with E-state index in [0.717, 1.165) is 22.1 Å². The van der Waals surface area contributed by atoms with Gasteiger partial charge in [-0.2, -0.15) is 0 Å². The lowest BCUT2D eigenvalue weighted by molar-refractivity contribution is 0.274. The van der Waals surface area contributed by atoms with Crippen LogP contribution < -0.4 is 10.1 Å². The van der Waals surface area contributed by atoms with Crippen LogP contribution >= 0.6 is 11.3 Å². The topological polar surface area (TPSA) is 41.5 Å². The Morgan fingerprint density at radius 1 is 1.16 bits per heavy atom. The number of phenolic OH excluding ortho intramolecular Hbond substituents is 1. The second-order valence-electron chi connectivity index (χ2n) is 7.35. The summed E-state index contributed by atoms with van der Waals surface area (Å²) in [7, 11) is 1.66. The minimum absolute atomic E-state index is 0.0722. The van der Waals surface area contributed by atoms with Crippen molar-refractivity contribution in [1.29, 1.82) is 0 Å². The number of nitrogens with one attached hydrogen (secondary N) is 1. The fraction of sp³-hybridized carbons (Fsp3) is 0.333. The summed E-state index contributed by atoms with van der Waals surface area (Å²) in [5.41, 5.74) is 0.977. The molecule has 0 saturated heterocycles. The number of hydrogen-bond acceptors (Lipinski definition) is 4. The summed E-state index contributed by atoms with van der Waals surface area (Å²) in [5.74, 6) is 1.11. The summed E-state index contributed by atoms with van der Waals surface area (Å²) in [5, 5.41) is 18.3. The predicted octanol–water partition coefficient (Wildman–Crippen LogP) is 5.49. The number of aromatic hydroxyl groups is 1. The van der Waals surface area contributed by atoms with Gasteiger partial charge in [0.15, 0.2) is 0 Å². The minimum atomic E-state index is 0.0722. The Morgan fingerprint density at radius 3 is 2.56 bits per heavy atom. The normalized spacial score (nSPS) is 13.1. The number of fused-ring (bicyclic) bond motifs is 1. The highest BCUT2D eigenvalue weighted by Crippen LogP contribution is 2.37. The van der Waals surface area contributed by atoms with Gasteiger partial charge in [0, 0.05) is 23.0 Å². The van der Waals surface area contributed by atoms with E-state index >= 15 is 0 Å². The quantitative estimate of drug-likeness (QED) is 0.635. The second kappa shape index (κ2) is 7.06. The third-order valence-electron chi connectivity index (χ3n) is 4.49. The van der Waals surface area contributed by atoms with E-state index in [4.69, 9.17) is 4.74 Å². The molecule has 4 heteroatoms. The van der Waals surface area contributed by atoms with Crippen LogP contribution in [0.5, 0.6) is 11.5 Å². The molecule has 0 saturated carbocycles. The zero-order chi connectivity index (χ0) is 18.0. The summed E-state index contributed by atoms with van der Waals surface area (Å²) in [6, 6.07) is 14.1. The summed E-state index contributed by atoms with van der Waals surface area (Å²) in [6.45, 7) is 7.29. The van der Waals surface area contributed by atoms with Gasteiger partial charge < -0.3 is 15.2 Å². The highest BCUT2D eigenvalue weighted by atomic mass is 32.1. The third-order valence-corrected chi connectivity index (χ3v) is 5.43. The molecule has 3 aromatic rings. The molecule has 0 spiro atoms. The highest BCUT2D eigenvalue weighted by Gasteiger charge is 2.27. The molecule has 1 aromatic heterocycles. The van der Waals surface area contributed by atoms with Crippen molar-refractivity contribution < 1.29 is 9.84 Å². The predicted molar refractivity (Wildman–Crippen MR) is 106 cm³/mol. The van der Waals surface area contributed by atoms with E-state index in [1.165, 1.54) is 4.88 Å². The zero-order valence-corrected chi connectivity index (χ0v) is 16.0. The van der Waals surface area contributed by atoms with E-state index in [9.17, 15) is 5.11 Å². The van der Waals surface area contributed by atoms with E-state index in [-0.39, 0.29) is 11.5 Å². The first-order chi connectivity index (χ1) is 11.9. The fourth-order valence-corrected chi connectivity index (χ4v) is 4.20. The highest BCUT2D eigenvalue weighted by molar-refractivity contribution is 7.10. The van der Waals surface area contributed by atoms with Gasteiger partial charge in [-0.25, -0.2) is 0 Å². The third kappa shape index (κ3) is 3.80. The second-order valence-corrected chi connectivity index (χ2v) is 8.32. The van der Waals surface area contributed by atoms with Crippen LogP contribution in [-0.4, -0.2) is 12.2 Å². The molecule has 0 fully saturated rings. The standard InChI is InChI=1S/C21H25NO2S/c1-21(2,3)20(19-6-5-11-25-19)22-13-17-16-12-15(24-4)9-7-14(16)8-10-18(17)23/h5-12,20,22-23H,13H2,1-4H3. The van der Waals surface area contributed by atoms with Crippen LogP contribution in [0.4, 0.5) is 0 Å². The summed E-state index contributed by atoms with van der Waals surface area (Å²) < 4.78 is 5.36. The molecule has 2 aromatic carbocycles. The Labute approximate surface area is 153 Å². The Balaban J connectivity index is 1.95. The first-order valence-electron chi connectivity index (χ1n) is 8.45. The first kappa shape index (κ1) is 17.8. The molecule has 1 unspecified atom stereocenters. The molecule has 3 nitrogen and oxygen atoms in total. The van der Waals surface area contributed by atoms with Gasteiger partial charge in [0.1, 0.15) is 11.5 Å². The number of methoxy groups -OCH3 is 1. The van der Waals surface area contributed by atoms with Gasteiger partial charge in [0.25, 0.3) is 0 Å². The van der Waals surface area contributed by atoms with Gasteiger partial charge in [-0.15, -0.1) is 11.3 Å². The first-order valence-corrected chi connectivity index (χ1v) is 9.33. The number of phenols is 1. The van der Waals surface area contributed by atoms with Crippen molar-refractivity contribution in [3.8, 4) is 11.5 Å². The number of thiophene rings is 1. The van der Waals surface area contributed by atoms with Gasteiger partial charge in [-0.3, -0.25) is 0 Å². The smallest absolute Gasteiger partial charge is 0.120 e. The van der Waals surface area contributed by atoms with Gasteiger partial charge in [0.2, 0.25) is 0 Å². The molecule has 0 radical (unpaired) electrons. The maximum Gasteiger partial charge on any atom is 0.120 e. The van der Waals surface area contributed by atoms with Crippen molar-refractivity contribution in [3.63, 3.8) is 0 Å². The Hall–Kier alpha value is -2.04. The maximum atomic E-state index is 10.4. The van der Waals surface area contributed by atoms with Crippen molar-refractivity contribution in [2.75, 3.05) is 7.11 Å². The van der Waals surface area contributed by atoms with Crippen molar-refractivity contribution in [3.05, 3.63) is 58.3 Å². The van der Waals surface area contributed by atoms with Crippen LogP contribution in [0.2, 0.25) is 0 Å². The van der Waals surface area contributed by atoms with E-state index in [1.807, 2.05) is 24.3 Å². The van der Waals surface area contributed by atoms with Crippen LogP contribution in [-0.2, 0) is 6.54 Å². The fourth-order valence-electron chi connectivity index (χ4n) is 3.16. The average molecular weight is 356 g/mol. The van der Waals surface area contributed by atoms with Crippen LogP contribution in [0.25, 0.3) is 10.8 Å².